The molecule has 0 amide bonds. The van der Waals surface area contributed by atoms with E-state index in [1.54, 1.807) is 0 Å². The summed E-state index contributed by atoms with van der Waals surface area (Å²) in [6.07, 6.45) is 2.88. The van der Waals surface area contributed by atoms with Crippen LogP contribution in [0.15, 0.2) is 23.6 Å². The van der Waals surface area contributed by atoms with E-state index in [4.69, 9.17) is 4.74 Å². The molecule has 0 bridgehead atoms. The molecule has 0 spiro atoms. The van der Waals surface area contributed by atoms with Gasteiger partial charge in [-0.25, -0.2) is 0 Å². The van der Waals surface area contributed by atoms with Gasteiger partial charge in [0.15, 0.2) is 0 Å². The summed E-state index contributed by atoms with van der Waals surface area (Å²) in [6, 6.07) is 1.51. The molecule has 0 atom stereocenters. The molecule has 1 aromatic rings. The first-order chi connectivity index (χ1) is 4.86. The largest absolute Gasteiger partial charge is 0.495 e. The van der Waals surface area contributed by atoms with Gasteiger partial charge in [-0.2, -0.15) is 0 Å². The first-order valence-electron chi connectivity index (χ1n) is 2.69. The van der Waals surface area contributed by atoms with Crippen LogP contribution < -0.4 is 4.74 Å². The van der Waals surface area contributed by atoms with Gasteiger partial charge in [0.2, 0.25) is 0 Å². The van der Waals surface area contributed by atoms with Gasteiger partial charge in [0.05, 0.1) is 19.5 Å². The van der Waals surface area contributed by atoms with Crippen molar-refractivity contribution in [2.45, 2.75) is 0 Å². The lowest BCUT2D eigenvalue weighted by Crippen LogP contribution is -1.82. The topological polar surface area (TPSA) is 51.6 Å². The summed E-state index contributed by atoms with van der Waals surface area (Å²) in [5.41, 5.74) is 0.277. The summed E-state index contributed by atoms with van der Waals surface area (Å²) < 4.78 is 4.80. The second kappa shape index (κ2) is 2.91. The number of hydrogen-bond donors (Lipinski definition) is 0. The highest BCUT2D eigenvalue weighted by Gasteiger charge is 1.93. The Balaban J connectivity index is 2.98. The van der Waals surface area contributed by atoms with Gasteiger partial charge in [0, 0.05) is 6.07 Å². The van der Waals surface area contributed by atoms with Gasteiger partial charge in [-0.15, -0.1) is 4.91 Å². The van der Waals surface area contributed by atoms with E-state index >= 15 is 0 Å². The molecule has 0 radical (unpaired) electrons. The molecule has 0 aliphatic carbocycles. The number of rotatable bonds is 2. The molecule has 0 aromatic carbocycles. The zero-order valence-electron chi connectivity index (χ0n) is 5.44. The van der Waals surface area contributed by atoms with E-state index in [9.17, 15) is 4.91 Å². The van der Waals surface area contributed by atoms with Crippen LogP contribution in [0.4, 0.5) is 5.69 Å². The SMILES string of the molecule is COc1cncc(N=O)c1. The molecule has 1 rings (SSSR count). The molecule has 4 nitrogen and oxygen atoms in total. The van der Waals surface area contributed by atoms with E-state index in [1.165, 1.54) is 25.6 Å². The summed E-state index contributed by atoms with van der Waals surface area (Å²) in [5.74, 6) is 0.539. The molecule has 52 valence electrons. The molecular weight excluding hydrogens is 132 g/mol. The lowest BCUT2D eigenvalue weighted by Gasteiger charge is -1.95. The Morgan fingerprint density at radius 2 is 2.40 bits per heavy atom. The van der Waals surface area contributed by atoms with Crippen LogP contribution in [0, 0.1) is 4.91 Å². The Kier molecular flexibility index (Phi) is 1.94. The predicted molar refractivity (Wildman–Crippen MR) is 36.2 cm³/mol. The van der Waals surface area contributed by atoms with Gasteiger partial charge < -0.3 is 4.74 Å². The van der Waals surface area contributed by atoms with Crippen LogP contribution in [0.5, 0.6) is 5.75 Å². The van der Waals surface area contributed by atoms with Gasteiger partial charge in [0.1, 0.15) is 11.4 Å². The Morgan fingerprint density at radius 3 is 3.00 bits per heavy atom. The molecular formula is C6H6N2O2. The number of aromatic nitrogens is 1. The van der Waals surface area contributed by atoms with Crippen molar-refractivity contribution in [3.63, 3.8) is 0 Å². The summed E-state index contributed by atoms with van der Waals surface area (Å²) in [5, 5.41) is 2.69. The third kappa shape index (κ3) is 1.28. The number of hydrogen-bond acceptors (Lipinski definition) is 4. The van der Waals surface area contributed by atoms with Crippen molar-refractivity contribution in [1.82, 2.24) is 4.98 Å². The van der Waals surface area contributed by atoms with Crippen molar-refractivity contribution in [3.8, 4) is 5.75 Å². The van der Waals surface area contributed by atoms with Gasteiger partial charge in [-0.1, -0.05) is 0 Å². The monoisotopic (exact) mass is 138 g/mol. The molecule has 0 aliphatic heterocycles. The quantitative estimate of drug-likeness (QED) is 0.581. The second-order valence-corrected chi connectivity index (χ2v) is 1.67. The van der Waals surface area contributed by atoms with Crippen LogP contribution in [0.2, 0.25) is 0 Å². The molecule has 4 heteroatoms. The molecule has 1 heterocycles. The van der Waals surface area contributed by atoms with Gasteiger partial charge >= 0.3 is 0 Å². The zero-order chi connectivity index (χ0) is 7.40. The van der Waals surface area contributed by atoms with Crippen LogP contribution in [0.1, 0.15) is 0 Å². The smallest absolute Gasteiger partial charge is 0.139 e. The van der Waals surface area contributed by atoms with Crippen LogP contribution in [0.25, 0.3) is 0 Å². The standard InChI is InChI=1S/C6H6N2O2/c1-10-6-2-5(8-9)3-7-4-6/h2-4H,1H3. The highest BCUT2D eigenvalue weighted by molar-refractivity contribution is 5.38. The molecule has 0 saturated heterocycles. The summed E-state index contributed by atoms with van der Waals surface area (Å²) in [7, 11) is 1.51. The minimum atomic E-state index is 0.277. The molecule has 1 aromatic heterocycles. The highest BCUT2D eigenvalue weighted by Crippen LogP contribution is 2.16. The normalized spacial score (nSPS) is 8.90. The summed E-state index contributed by atoms with van der Waals surface area (Å²) in [4.78, 5) is 13.6. The van der Waals surface area contributed by atoms with Crippen LogP contribution in [-0.4, -0.2) is 12.1 Å². The molecule has 0 fully saturated rings. The predicted octanol–water partition coefficient (Wildman–Crippen LogP) is 1.49. The van der Waals surface area contributed by atoms with E-state index in [1.807, 2.05) is 0 Å². The highest BCUT2D eigenvalue weighted by atomic mass is 16.5. The fraction of sp³-hybridized carbons (Fsp3) is 0.167. The number of ether oxygens (including phenoxy) is 1. The maximum atomic E-state index is 9.93. The van der Waals surface area contributed by atoms with Crippen LogP contribution in [0.3, 0.4) is 0 Å². The third-order valence-electron chi connectivity index (χ3n) is 1.04. The van der Waals surface area contributed by atoms with Gasteiger partial charge in [-0.05, 0) is 5.18 Å². The average Bonchev–Trinajstić information content (AvgIpc) is 2.05. The summed E-state index contributed by atoms with van der Waals surface area (Å²) in [6.45, 7) is 0. The van der Waals surface area contributed by atoms with Crippen molar-refractivity contribution in [2.24, 2.45) is 5.18 Å². The van der Waals surface area contributed by atoms with Gasteiger partial charge in [0.25, 0.3) is 0 Å². The number of nitrogens with zero attached hydrogens (tertiary/aromatic N) is 2. The van der Waals surface area contributed by atoms with Crippen molar-refractivity contribution in [1.29, 1.82) is 0 Å². The Labute approximate surface area is 57.8 Å². The lowest BCUT2D eigenvalue weighted by atomic mass is 10.4. The lowest BCUT2D eigenvalue weighted by molar-refractivity contribution is 0.413. The van der Waals surface area contributed by atoms with Crippen LogP contribution >= 0.6 is 0 Å². The number of methoxy groups -OCH3 is 1. The van der Waals surface area contributed by atoms with Crippen molar-refractivity contribution in [2.75, 3.05) is 7.11 Å². The average molecular weight is 138 g/mol. The van der Waals surface area contributed by atoms with Crippen molar-refractivity contribution < 1.29 is 4.74 Å². The Hall–Kier alpha value is -1.45. The molecule has 0 unspecified atom stereocenters. The van der Waals surface area contributed by atoms with E-state index in [0.29, 0.717) is 5.75 Å². The first kappa shape index (κ1) is 6.67. The molecule has 0 saturated carbocycles. The first-order valence-corrected chi connectivity index (χ1v) is 2.69. The fourth-order valence-electron chi connectivity index (χ4n) is 0.569. The summed E-state index contributed by atoms with van der Waals surface area (Å²) >= 11 is 0. The molecule has 0 N–H and O–H groups in total. The molecule has 0 aliphatic rings. The maximum absolute atomic E-state index is 9.93. The minimum absolute atomic E-state index is 0.277. The fourth-order valence-corrected chi connectivity index (χ4v) is 0.569. The number of nitroso groups, excluding NO2 is 1. The molecule has 10 heavy (non-hydrogen) atoms. The zero-order valence-corrected chi connectivity index (χ0v) is 5.44. The van der Waals surface area contributed by atoms with E-state index in [0.717, 1.165) is 0 Å². The third-order valence-corrected chi connectivity index (χ3v) is 1.04. The minimum Gasteiger partial charge on any atom is -0.495 e. The van der Waals surface area contributed by atoms with E-state index in [-0.39, 0.29) is 5.69 Å². The Bertz CT molecular complexity index is 237. The van der Waals surface area contributed by atoms with Gasteiger partial charge in [-0.3, -0.25) is 4.98 Å². The van der Waals surface area contributed by atoms with Crippen molar-refractivity contribution in [3.05, 3.63) is 23.4 Å². The maximum Gasteiger partial charge on any atom is 0.139 e. The second-order valence-electron chi connectivity index (χ2n) is 1.67. The van der Waals surface area contributed by atoms with E-state index in [2.05, 4.69) is 10.2 Å². The van der Waals surface area contributed by atoms with Crippen molar-refractivity contribution >= 4 is 5.69 Å². The Morgan fingerprint density at radius 1 is 1.60 bits per heavy atom. The number of pyridine rings is 1. The van der Waals surface area contributed by atoms with E-state index < -0.39 is 0 Å². The van der Waals surface area contributed by atoms with Crippen LogP contribution in [-0.2, 0) is 0 Å².